The summed E-state index contributed by atoms with van der Waals surface area (Å²) in [6.07, 6.45) is 0. The summed E-state index contributed by atoms with van der Waals surface area (Å²) in [7, 11) is 0. The molecule has 1 heterocycles. The fourth-order valence-corrected chi connectivity index (χ4v) is 3.62. The van der Waals surface area contributed by atoms with Crippen molar-refractivity contribution >= 4 is 23.3 Å². The number of thioether (sulfide) groups is 1. The van der Waals surface area contributed by atoms with Crippen LogP contribution in [0.3, 0.4) is 0 Å². The maximum absolute atomic E-state index is 14.4. The van der Waals surface area contributed by atoms with E-state index in [0.717, 1.165) is 17.3 Å². The first-order chi connectivity index (χ1) is 14.0. The van der Waals surface area contributed by atoms with Crippen LogP contribution in [-0.2, 0) is 11.3 Å². The first-order valence-corrected chi connectivity index (χ1v) is 9.82. The summed E-state index contributed by atoms with van der Waals surface area (Å²) in [5.41, 5.74) is 1.30. The van der Waals surface area contributed by atoms with Gasteiger partial charge in [-0.2, -0.15) is 5.26 Å². The highest BCUT2D eigenvalue weighted by atomic mass is 32.2. The van der Waals surface area contributed by atoms with Gasteiger partial charge in [0.2, 0.25) is 0 Å². The number of ketones is 1. The Labute approximate surface area is 171 Å². The van der Waals surface area contributed by atoms with Gasteiger partial charge in [0, 0.05) is 5.71 Å². The quantitative estimate of drug-likeness (QED) is 0.450. The molecule has 2 aromatic carbocycles. The van der Waals surface area contributed by atoms with E-state index in [-0.39, 0.29) is 17.2 Å². The molecule has 1 unspecified atom stereocenters. The number of nitrogens with one attached hydrogen (secondary N) is 1. The maximum Gasteiger partial charge on any atom is 0.192 e. The lowest BCUT2D eigenvalue weighted by Crippen LogP contribution is -2.21. The van der Waals surface area contributed by atoms with Gasteiger partial charge in [0.15, 0.2) is 16.8 Å². The number of benzene rings is 2. The Bertz CT molecular complexity index is 1070. The molecule has 0 saturated carbocycles. The minimum atomic E-state index is -1.07. The number of nitrogens with zero attached hydrogens (tertiary/aromatic N) is 4. The number of nitriles is 1. The van der Waals surface area contributed by atoms with Gasteiger partial charge in [0.25, 0.3) is 0 Å². The van der Waals surface area contributed by atoms with Gasteiger partial charge in [0.05, 0.1) is 23.9 Å². The van der Waals surface area contributed by atoms with Crippen molar-refractivity contribution in [2.45, 2.75) is 18.6 Å². The fraction of sp³-hybridized carbons (Fsp3) is 0.190. The van der Waals surface area contributed by atoms with E-state index in [2.05, 4.69) is 10.2 Å². The van der Waals surface area contributed by atoms with Gasteiger partial charge in [0.1, 0.15) is 11.7 Å². The van der Waals surface area contributed by atoms with Crippen LogP contribution in [0.25, 0.3) is 11.4 Å². The summed E-state index contributed by atoms with van der Waals surface area (Å²) >= 11 is 1.13. The largest absolute Gasteiger partial charge is 0.308 e. The summed E-state index contributed by atoms with van der Waals surface area (Å²) in [5.74, 6) is -1.52. The Kier molecular flexibility index (Phi) is 6.52. The van der Waals surface area contributed by atoms with Gasteiger partial charge in [-0.15, -0.1) is 10.2 Å². The fourth-order valence-electron chi connectivity index (χ4n) is 2.78. The molecule has 29 heavy (non-hydrogen) atoms. The van der Waals surface area contributed by atoms with E-state index in [9.17, 15) is 9.18 Å². The smallest absolute Gasteiger partial charge is 0.192 e. The van der Waals surface area contributed by atoms with E-state index >= 15 is 0 Å². The van der Waals surface area contributed by atoms with E-state index in [4.69, 9.17) is 10.7 Å². The van der Waals surface area contributed by atoms with E-state index in [1.54, 1.807) is 22.8 Å². The van der Waals surface area contributed by atoms with Crippen LogP contribution in [-0.4, -0.2) is 32.0 Å². The number of Topliss-reactive ketones (excluding diaryl/α,β-unsaturated/α-hetero) is 1. The minimum Gasteiger partial charge on any atom is -0.308 e. The highest BCUT2D eigenvalue weighted by molar-refractivity contribution is 7.99. The second-order valence-electron chi connectivity index (χ2n) is 6.36. The Balaban J connectivity index is 1.93. The van der Waals surface area contributed by atoms with Crippen molar-refractivity contribution in [1.29, 1.82) is 10.7 Å². The molecule has 0 aliphatic rings. The molecule has 1 aromatic heterocycles. The molecular formula is C21H18FN5OS. The average molecular weight is 407 g/mol. The molecule has 1 N–H and O–H groups in total. The van der Waals surface area contributed by atoms with Crippen molar-refractivity contribution in [2.75, 3.05) is 5.75 Å². The van der Waals surface area contributed by atoms with Crippen LogP contribution < -0.4 is 0 Å². The van der Waals surface area contributed by atoms with Crippen LogP contribution in [0.1, 0.15) is 12.5 Å². The molecule has 3 aromatic rings. The number of carbonyl (C=O) groups is 1. The van der Waals surface area contributed by atoms with Crippen LogP contribution >= 0.6 is 11.8 Å². The van der Waals surface area contributed by atoms with E-state index < -0.39 is 11.7 Å². The highest BCUT2D eigenvalue weighted by Crippen LogP contribution is 2.27. The third-order valence-electron chi connectivity index (χ3n) is 4.24. The van der Waals surface area contributed by atoms with Crippen LogP contribution in [0.4, 0.5) is 4.39 Å². The van der Waals surface area contributed by atoms with E-state index in [1.165, 1.54) is 13.0 Å². The SMILES string of the molecule is CC(=N)C(C#N)C(=O)CSc1nnc(-c2ccccc2F)n1Cc1ccccc1. The minimum absolute atomic E-state index is 0.0101. The zero-order chi connectivity index (χ0) is 20.8. The molecule has 0 amide bonds. The Morgan fingerprint density at radius 2 is 1.90 bits per heavy atom. The first-order valence-electron chi connectivity index (χ1n) is 8.83. The zero-order valence-electron chi connectivity index (χ0n) is 15.7. The lowest BCUT2D eigenvalue weighted by Gasteiger charge is -2.11. The molecular weight excluding hydrogens is 389 g/mol. The third-order valence-corrected chi connectivity index (χ3v) is 5.23. The lowest BCUT2D eigenvalue weighted by molar-refractivity contribution is -0.117. The number of hydrogen-bond acceptors (Lipinski definition) is 6. The van der Waals surface area contributed by atoms with Crippen molar-refractivity contribution in [3.63, 3.8) is 0 Å². The zero-order valence-corrected chi connectivity index (χ0v) is 16.5. The summed E-state index contributed by atoms with van der Waals surface area (Å²) in [4.78, 5) is 12.3. The monoisotopic (exact) mass is 407 g/mol. The second-order valence-corrected chi connectivity index (χ2v) is 7.30. The van der Waals surface area contributed by atoms with Gasteiger partial charge in [-0.25, -0.2) is 4.39 Å². The standard InChI is InChI=1S/C21H18FN5OS/c1-14(24)17(11-23)19(28)13-29-21-26-25-20(16-9-5-6-10-18(16)22)27(21)12-15-7-3-2-4-8-15/h2-10,17,24H,12-13H2,1H3. The number of aromatic nitrogens is 3. The molecule has 0 aliphatic heterocycles. The van der Waals surface area contributed by atoms with E-state index in [0.29, 0.717) is 23.1 Å². The third kappa shape index (κ3) is 4.76. The van der Waals surface area contributed by atoms with Crippen LogP contribution in [0.5, 0.6) is 0 Å². The molecule has 0 bridgehead atoms. The number of carbonyl (C=O) groups excluding carboxylic acids is 1. The van der Waals surface area contributed by atoms with Gasteiger partial charge < -0.3 is 5.41 Å². The van der Waals surface area contributed by atoms with Gasteiger partial charge in [-0.1, -0.05) is 54.2 Å². The van der Waals surface area contributed by atoms with Crippen LogP contribution in [0, 0.1) is 28.5 Å². The van der Waals surface area contributed by atoms with Gasteiger partial charge >= 0.3 is 0 Å². The maximum atomic E-state index is 14.4. The van der Waals surface area contributed by atoms with Crippen molar-refractivity contribution in [2.24, 2.45) is 5.92 Å². The summed E-state index contributed by atoms with van der Waals surface area (Å²) in [6, 6.07) is 17.8. The van der Waals surface area contributed by atoms with Crippen LogP contribution in [0.15, 0.2) is 59.8 Å². The average Bonchev–Trinajstić information content (AvgIpc) is 3.10. The van der Waals surface area contributed by atoms with Crippen LogP contribution in [0.2, 0.25) is 0 Å². The molecule has 0 aliphatic carbocycles. The Hall–Kier alpha value is -3.31. The van der Waals surface area contributed by atoms with Gasteiger partial charge in [-0.3, -0.25) is 9.36 Å². The van der Waals surface area contributed by atoms with Crippen molar-refractivity contribution < 1.29 is 9.18 Å². The van der Waals surface area contributed by atoms with Crippen molar-refractivity contribution in [3.05, 3.63) is 66.0 Å². The molecule has 0 saturated heterocycles. The molecule has 0 radical (unpaired) electrons. The summed E-state index contributed by atoms with van der Waals surface area (Å²) in [6.45, 7) is 1.84. The van der Waals surface area contributed by atoms with Crippen molar-refractivity contribution in [1.82, 2.24) is 14.8 Å². The molecule has 8 heteroatoms. The molecule has 0 fully saturated rings. The Morgan fingerprint density at radius 1 is 1.21 bits per heavy atom. The molecule has 146 valence electrons. The van der Waals surface area contributed by atoms with Crippen molar-refractivity contribution in [3.8, 4) is 17.5 Å². The molecule has 1 atom stereocenters. The number of halogens is 1. The number of hydrogen-bond donors (Lipinski definition) is 1. The second kappa shape index (κ2) is 9.26. The number of rotatable bonds is 8. The topological polar surface area (TPSA) is 95.4 Å². The summed E-state index contributed by atoms with van der Waals surface area (Å²) in [5, 5.41) is 25.4. The normalized spacial score (nSPS) is 11.6. The van der Waals surface area contributed by atoms with E-state index in [1.807, 2.05) is 36.4 Å². The first kappa shape index (κ1) is 20.4. The molecule has 6 nitrogen and oxygen atoms in total. The summed E-state index contributed by atoms with van der Waals surface area (Å²) < 4.78 is 16.1. The molecule has 0 spiro atoms. The molecule has 3 rings (SSSR count). The lowest BCUT2D eigenvalue weighted by atomic mass is 10.0. The predicted octanol–water partition coefficient (Wildman–Crippen LogP) is 3.97. The Morgan fingerprint density at radius 3 is 2.55 bits per heavy atom. The highest BCUT2D eigenvalue weighted by Gasteiger charge is 2.23. The predicted molar refractivity (Wildman–Crippen MR) is 109 cm³/mol. The van der Waals surface area contributed by atoms with Gasteiger partial charge in [-0.05, 0) is 24.6 Å².